The zero-order chi connectivity index (χ0) is 14.7. The van der Waals surface area contributed by atoms with E-state index < -0.39 is 0 Å². The van der Waals surface area contributed by atoms with Crippen LogP contribution in [0.4, 0.5) is 0 Å². The number of carbonyl (C=O) groups excluding carboxylic acids is 1. The molecule has 1 aromatic carbocycles. The van der Waals surface area contributed by atoms with Crippen molar-refractivity contribution in [3.05, 3.63) is 47.5 Å². The molecule has 0 spiro atoms. The molecule has 1 aromatic heterocycles. The van der Waals surface area contributed by atoms with Crippen molar-refractivity contribution in [1.29, 1.82) is 0 Å². The number of nitrogens with zero attached hydrogens (tertiary/aromatic N) is 3. The fraction of sp³-hybridized carbons (Fsp3) is 0.438. The number of rotatable bonds is 6. The number of H-pyrrole nitrogens is 1. The summed E-state index contributed by atoms with van der Waals surface area (Å²) in [6, 6.07) is 10.2. The number of hydrogen-bond donors (Lipinski definition) is 1. The van der Waals surface area contributed by atoms with Crippen LogP contribution in [0.25, 0.3) is 0 Å². The molecule has 0 aliphatic heterocycles. The number of aromatic amines is 1. The Labute approximate surface area is 124 Å². The third kappa shape index (κ3) is 3.29. The predicted molar refractivity (Wildman–Crippen MR) is 80.1 cm³/mol. The number of hydrogen-bond acceptors (Lipinski definition) is 3. The molecule has 110 valence electrons. The van der Waals surface area contributed by atoms with Crippen molar-refractivity contribution in [2.75, 3.05) is 13.1 Å². The predicted octanol–water partition coefficient (Wildman–Crippen LogP) is 2.39. The molecule has 1 saturated carbocycles. The Hall–Kier alpha value is -2.17. The van der Waals surface area contributed by atoms with E-state index in [1.54, 1.807) is 4.90 Å². The number of carbonyl (C=O) groups is 1. The van der Waals surface area contributed by atoms with Gasteiger partial charge >= 0.3 is 0 Å². The van der Waals surface area contributed by atoms with Crippen molar-refractivity contribution >= 4 is 5.91 Å². The second-order valence-corrected chi connectivity index (χ2v) is 5.44. The normalized spacial score (nSPS) is 14.1. The molecule has 0 radical (unpaired) electrons. The maximum Gasteiger partial charge on any atom is 0.293 e. The Balaban J connectivity index is 1.62. The lowest BCUT2D eigenvalue weighted by Crippen LogP contribution is -2.33. The highest BCUT2D eigenvalue weighted by Crippen LogP contribution is 2.37. The van der Waals surface area contributed by atoms with E-state index in [1.165, 1.54) is 5.56 Å². The number of benzene rings is 1. The van der Waals surface area contributed by atoms with Gasteiger partial charge in [-0.15, -0.1) is 5.10 Å². The first kappa shape index (κ1) is 13.8. The van der Waals surface area contributed by atoms with Gasteiger partial charge in [0.25, 0.3) is 5.91 Å². The Morgan fingerprint density at radius 3 is 2.76 bits per heavy atom. The summed E-state index contributed by atoms with van der Waals surface area (Å²) in [5.74, 6) is 1.55. The van der Waals surface area contributed by atoms with Crippen molar-refractivity contribution < 1.29 is 4.79 Å². The summed E-state index contributed by atoms with van der Waals surface area (Å²) in [7, 11) is 0. The van der Waals surface area contributed by atoms with Gasteiger partial charge in [-0.25, -0.2) is 4.98 Å². The smallest absolute Gasteiger partial charge is 0.293 e. The number of amides is 1. The lowest BCUT2D eigenvalue weighted by Gasteiger charge is -2.19. The number of aromatic nitrogens is 3. The summed E-state index contributed by atoms with van der Waals surface area (Å²) in [6.07, 6.45) is 3.14. The second kappa shape index (κ2) is 6.08. The van der Waals surface area contributed by atoms with Gasteiger partial charge in [0.15, 0.2) is 0 Å². The average Bonchev–Trinajstić information content (AvgIpc) is 3.26. The molecule has 0 atom stereocenters. The van der Waals surface area contributed by atoms with Gasteiger partial charge in [0.05, 0.1) is 0 Å². The van der Waals surface area contributed by atoms with Crippen LogP contribution in [0, 0.1) is 0 Å². The molecule has 3 rings (SSSR count). The maximum atomic E-state index is 12.4. The first-order chi connectivity index (χ1) is 10.3. The molecule has 1 heterocycles. The van der Waals surface area contributed by atoms with Gasteiger partial charge in [-0.2, -0.15) is 0 Å². The third-order valence-corrected chi connectivity index (χ3v) is 3.84. The summed E-state index contributed by atoms with van der Waals surface area (Å²) in [5, 5.41) is 6.97. The van der Waals surface area contributed by atoms with Crippen LogP contribution in [0.1, 0.15) is 47.7 Å². The Morgan fingerprint density at radius 1 is 1.33 bits per heavy atom. The summed E-state index contributed by atoms with van der Waals surface area (Å²) in [5.41, 5.74) is 1.23. The topological polar surface area (TPSA) is 61.9 Å². The van der Waals surface area contributed by atoms with Crippen LogP contribution in [0.2, 0.25) is 0 Å². The molecule has 5 nitrogen and oxygen atoms in total. The first-order valence-corrected chi connectivity index (χ1v) is 7.53. The Kier molecular flexibility index (Phi) is 3.99. The largest absolute Gasteiger partial charge is 0.336 e. The van der Waals surface area contributed by atoms with Crippen LogP contribution in [0.3, 0.4) is 0 Å². The summed E-state index contributed by atoms with van der Waals surface area (Å²) in [6.45, 7) is 3.34. The maximum absolute atomic E-state index is 12.4. The number of nitrogens with one attached hydrogen (secondary N) is 1. The summed E-state index contributed by atoms with van der Waals surface area (Å²) in [4.78, 5) is 18.6. The molecule has 0 unspecified atom stereocenters. The van der Waals surface area contributed by atoms with E-state index in [9.17, 15) is 4.79 Å². The summed E-state index contributed by atoms with van der Waals surface area (Å²) >= 11 is 0. The molecule has 1 aliphatic carbocycles. The molecule has 5 heteroatoms. The average molecular weight is 284 g/mol. The van der Waals surface area contributed by atoms with Crippen molar-refractivity contribution in [2.24, 2.45) is 0 Å². The highest BCUT2D eigenvalue weighted by atomic mass is 16.2. The molecule has 1 amide bonds. The van der Waals surface area contributed by atoms with Crippen LogP contribution >= 0.6 is 0 Å². The van der Waals surface area contributed by atoms with Gasteiger partial charge in [0.2, 0.25) is 5.82 Å². The zero-order valence-corrected chi connectivity index (χ0v) is 12.2. The minimum absolute atomic E-state index is 0.0865. The van der Waals surface area contributed by atoms with Crippen LogP contribution in [0.15, 0.2) is 30.3 Å². The van der Waals surface area contributed by atoms with E-state index in [-0.39, 0.29) is 5.91 Å². The van der Waals surface area contributed by atoms with Crippen LogP contribution in [-0.2, 0) is 6.42 Å². The van der Waals surface area contributed by atoms with Crippen molar-refractivity contribution in [1.82, 2.24) is 20.1 Å². The minimum Gasteiger partial charge on any atom is -0.336 e. The molecule has 0 bridgehead atoms. The van der Waals surface area contributed by atoms with E-state index in [0.29, 0.717) is 24.8 Å². The highest BCUT2D eigenvalue weighted by Gasteiger charge is 2.29. The minimum atomic E-state index is -0.0865. The van der Waals surface area contributed by atoms with Crippen LogP contribution in [0.5, 0.6) is 0 Å². The van der Waals surface area contributed by atoms with Gasteiger partial charge in [-0.1, -0.05) is 30.3 Å². The molecular formula is C16H20N4O. The van der Waals surface area contributed by atoms with Gasteiger partial charge in [-0.3, -0.25) is 9.89 Å². The highest BCUT2D eigenvalue weighted by molar-refractivity contribution is 5.90. The molecule has 2 aromatic rings. The molecule has 1 aliphatic rings. The standard InChI is InChI=1S/C16H20N4O/c1-2-20(11-10-12-6-4-3-5-7-12)16(21)15-17-14(18-19-15)13-8-9-13/h3-7,13H,2,8-11H2,1H3,(H,17,18,19). The molecule has 1 fully saturated rings. The quantitative estimate of drug-likeness (QED) is 0.886. The van der Waals surface area contributed by atoms with Gasteiger partial charge in [0, 0.05) is 19.0 Å². The molecule has 0 saturated heterocycles. The van der Waals surface area contributed by atoms with E-state index in [1.807, 2.05) is 25.1 Å². The van der Waals surface area contributed by atoms with Gasteiger partial charge in [-0.05, 0) is 31.7 Å². The van der Waals surface area contributed by atoms with E-state index >= 15 is 0 Å². The van der Waals surface area contributed by atoms with E-state index in [4.69, 9.17) is 0 Å². The summed E-state index contributed by atoms with van der Waals surface area (Å²) < 4.78 is 0. The first-order valence-electron chi connectivity index (χ1n) is 7.53. The molecule has 21 heavy (non-hydrogen) atoms. The Morgan fingerprint density at radius 2 is 2.10 bits per heavy atom. The Bertz CT molecular complexity index is 604. The fourth-order valence-electron chi connectivity index (χ4n) is 2.36. The van der Waals surface area contributed by atoms with Gasteiger partial charge < -0.3 is 4.90 Å². The second-order valence-electron chi connectivity index (χ2n) is 5.44. The van der Waals surface area contributed by atoms with Gasteiger partial charge in [0.1, 0.15) is 5.82 Å². The fourth-order valence-corrected chi connectivity index (χ4v) is 2.36. The van der Waals surface area contributed by atoms with Crippen molar-refractivity contribution in [3.8, 4) is 0 Å². The lowest BCUT2D eigenvalue weighted by atomic mass is 10.1. The lowest BCUT2D eigenvalue weighted by molar-refractivity contribution is 0.0754. The van der Waals surface area contributed by atoms with E-state index in [2.05, 4.69) is 27.3 Å². The monoisotopic (exact) mass is 284 g/mol. The van der Waals surface area contributed by atoms with Crippen LogP contribution < -0.4 is 0 Å². The molecular weight excluding hydrogens is 264 g/mol. The van der Waals surface area contributed by atoms with Crippen molar-refractivity contribution in [2.45, 2.75) is 32.1 Å². The zero-order valence-electron chi connectivity index (χ0n) is 12.2. The van der Waals surface area contributed by atoms with Crippen LogP contribution in [-0.4, -0.2) is 39.1 Å². The third-order valence-electron chi connectivity index (χ3n) is 3.84. The van der Waals surface area contributed by atoms with E-state index in [0.717, 1.165) is 25.1 Å². The SMILES string of the molecule is CCN(CCc1ccccc1)C(=O)c1n[nH]c(C2CC2)n1. The number of likely N-dealkylation sites (N-methyl/N-ethyl adjacent to an activating group) is 1. The van der Waals surface area contributed by atoms with Crippen molar-refractivity contribution in [3.63, 3.8) is 0 Å². The molecule has 1 N–H and O–H groups in total.